The number of piperidine rings is 1. The highest BCUT2D eigenvalue weighted by atomic mass is 127. The summed E-state index contributed by atoms with van der Waals surface area (Å²) < 4.78 is 37.4. The summed E-state index contributed by atoms with van der Waals surface area (Å²) in [7, 11) is 0. The van der Waals surface area contributed by atoms with Crippen LogP contribution in [-0.2, 0) is 6.42 Å². The van der Waals surface area contributed by atoms with E-state index in [1.807, 2.05) is 26.1 Å². The molecule has 1 aliphatic rings. The number of aliphatic imine (C=N–C) groups is 1. The average Bonchev–Trinajstić information content (AvgIpc) is 2.63. The van der Waals surface area contributed by atoms with Crippen LogP contribution in [0.1, 0.15) is 37.4 Å². The lowest BCUT2D eigenvalue weighted by atomic mass is 9.93. The molecule has 2 rings (SSSR count). The number of aromatic nitrogens is 1. The fourth-order valence-corrected chi connectivity index (χ4v) is 3.36. The zero-order valence-electron chi connectivity index (χ0n) is 17.3. The molecule has 2 heterocycles. The van der Waals surface area contributed by atoms with E-state index in [0.29, 0.717) is 25.6 Å². The predicted molar refractivity (Wildman–Crippen MR) is 122 cm³/mol. The van der Waals surface area contributed by atoms with Gasteiger partial charge in [0.2, 0.25) is 0 Å². The van der Waals surface area contributed by atoms with Gasteiger partial charge < -0.3 is 10.6 Å². The van der Waals surface area contributed by atoms with Crippen LogP contribution in [0.25, 0.3) is 0 Å². The van der Waals surface area contributed by atoms with Gasteiger partial charge in [0.15, 0.2) is 5.96 Å². The van der Waals surface area contributed by atoms with Crippen molar-refractivity contribution in [2.75, 3.05) is 39.3 Å². The molecule has 1 fully saturated rings. The number of guanidine groups is 1. The summed E-state index contributed by atoms with van der Waals surface area (Å²) in [6.07, 6.45) is 1.21. The summed E-state index contributed by atoms with van der Waals surface area (Å²) in [6, 6.07) is 4.09. The van der Waals surface area contributed by atoms with Crippen LogP contribution < -0.4 is 10.6 Å². The van der Waals surface area contributed by atoms with Crippen LogP contribution in [0.4, 0.5) is 13.2 Å². The van der Waals surface area contributed by atoms with Gasteiger partial charge >= 0.3 is 6.18 Å². The molecular formula is C20H33F3IN5. The number of nitrogens with zero attached hydrogens (tertiary/aromatic N) is 3. The second kappa shape index (κ2) is 13.3. The van der Waals surface area contributed by atoms with Gasteiger partial charge in [-0.1, -0.05) is 6.07 Å². The average molecular weight is 527 g/mol. The van der Waals surface area contributed by atoms with Crippen molar-refractivity contribution < 1.29 is 13.2 Å². The first-order chi connectivity index (χ1) is 13.4. The maximum atomic E-state index is 12.5. The Hall–Kier alpha value is -1.10. The molecular weight excluding hydrogens is 494 g/mol. The Kier molecular flexibility index (Phi) is 11.9. The highest BCUT2D eigenvalue weighted by Gasteiger charge is 2.32. The molecule has 0 saturated carbocycles. The molecule has 0 amide bonds. The Morgan fingerprint density at radius 2 is 1.97 bits per heavy atom. The number of rotatable bonds is 8. The van der Waals surface area contributed by atoms with Crippen LogP contribution in [0.15, 0.2) is 23.3 Å². The maximum absolute atomic E-state index is 12.5. The lowest BCUT2D eigenvalue weighted by Gasteiger charge is -2.32. The quantitative estimate of drug-likeness (QED) is 0.307. The summed E-state index contributed by atoms with van der Waals surface area (Å²) in [5.74, 6) is 1.24. The first kappa shape index (κ1) is 25.9. The fourth-order valence-electron chi connectivity index (χ4n) is 3.36. The molecule has 0 aliphatic carbocycles. The van der Waals surface area contributed by atoms with Gasteiger partial charge in [-0.3, -0.25) is 14.9 Å². The first-order valence-corrected chi connectivity index (χ1v) is 10.1. The second-order valence-electron chi connectivity index (χ2n) is 7.37. The zero-order valence-corrected chi connectivity index (χ0v) is 19.6. The summed E-state index contributed by atoms with van der Waals surface area (Å²) in [5, 5.41) is 6.57. The normalized spacial score (nSPS) is 16.4. The molecule has 1 aliphatic heterocycles. The van der Waals surface area contributed by atoms with E-state index in [1.165, 1.54) is 10.5 Å². The van der Waals surface area contributed by atoms with E-state index in [1.54, 1.807) is 0 Å². The lowest BCUT2D eigenvalue weighted by molar-refractivity contribution is -0.148. The van der Waals surface area contributed by atoms with Crippen molar-refractivity contribution >= 4 is 29.9 Å². The van der Waals surface area contributed by atoms with E-state index in [0.717, 1.165) is 50.4 Å². The van der Waals surface area contributed by atoms with Crippen molar-refractivity contribution in [3.05, 3.63) is 29.6 Å². The second-order valence-corrected chi connectivity index (χ2v) is 7.37. The zero-order chi connectivity index (χ0) is 20.4. The summed E-state index contributed by atoms with van der Waals surface area (Å²) >= 11 is 0. The van der Waals surface area contributed by atoms with Crippen molar-refractivity contribution in [2.24, 2.45) is 10.9 Å². The molecule has 1 aromatic rings. The minimum Gasteiger partial charge on any atom is -0.357 e. The van der Waals surface area contributed by atoms with Crippen LogP contribution >= 0.6 is 24.0 Å². The van der Waals surface area contributed by atoms with E-state index < -0.39 is 12.7 Å². The van der Waals surface area contributed by atoms with E-state index in [2.05, 4.69) is 26.7 Å². The van der Waals surface area contributed by atoms with Gasteiger partial charge in [0.05, 0.1) is 6.54 Å². The minimum atomic E-state index is -4.10. The molecule has 29 heavy (non-hydrogen) atoms. The number of likely N-dealkylation sites (tertiary alicyclic amines) is 1. The molecule has 2 N–H and O–H groups in total. The molecule has 0 spiro atoms. The van der Waals surface area contributed by atoms with E-state index in [4.69, 9.17) is 0 Å². The molecule has 5 nitrogen and oxygen atoms in total. The van der Waals surface area contributed by atoms with Crippen LogP contribution in [-0.4, -0.2) is 61.3 Å². The number of alkyl halides is 3. The van der Waals surface area contributed by atoms with Gasteiger partial charge in [-0.05, 0) is 70.2 Å². The third-order valence-corrected chi connectivity index (χ3v) is 4.94. The molecule has 9 heteroatoms. The van der Waals surface area contributed by atoms with Crippen LogP contribution in [0.5, 0.6) is 0 Å². The molecule has 1 aromatic heterocycles. The van der Waals surface area contributed by atoms with Gasteiger partial charge in [0.1, 0.15) is 0 Å². The largest absolute Gasteiger partial charge is 0.401 e. The number of halogens is 4. The molecule has 0 radical (unpaired) electrons. The number of nitrogens with one attached hydrogen (secondary N) is 2. The topological polar surface area (TPSA) is 52.6 Å². The van der Waals surface area contributed by atoms with Gasteiger partial charge in [0.25, 0.3) is 0 Å². The summed E-state index contributed by atoms with van der Waals surface area (Å²) in [5.41, 5.74) is 2.19. The highest BCUT2D eigenvalue weighted by molar-refractivity contribution is 14.0. The number of aryl methyl sites for hydroxylation is 1. The third-order valence-electron chi connectivity index (χ3n) is 4.94. The standard InChI is InChI=1S/C20H32F3N5.HI/c1-3-24-19(26-11-7-18-5-4-16(2)27-14-18)25-10-6-17-8-12-28(13-9-17)15-20(21,22)23;/h4-5,14,17H,3,6-13,15H2,1-2H3,(H2,24,25,26);1H. The molecule has 1 saturated heterocycles. The Labute approximate surface area is 189 Å². The first-order valence-electron chi connectivity index (χ1n) is 10.1. The van der Waals surface area contributed by atoms with Crippen LogP contribution in [0.3, 0.4) is 0 Å². The van der Waals surface area contributed by atoms with Crippen molar-refractivity contribution in [3.63, 3.8) is 0 Å². The van der Waals surface area contributed by atoms with E-state index in [-0.39, 0.29) is 24.0 Å². The van der Waals surface area contributed by atoms with Gasteiger partial charge in [-0.15, -0.1) is 24.0 Å². The van der Waals surface area contributed by atoms with Crippen molar-refractivity contribution in [1.29, 1.82) is 0 Å². The Bertz CT molecular complexity index is 599. The van der Waals surface area contributed by atoms with Crippen molar-refractivity contribution in [3.8, 4) is 0 Å². The van der Waals surface area contributed by atoms with Gasteiger partial charge in [0, 0.05) is 31.5 Å². The molecule has 0 aromatic carbocycles. The van der Waals surface area contributed by atoms with Gasteiger partial charge in [-0.2, -0.15) is 13.2 Å². The number of hydrogen-bond donors (Lipinski definition) is 2. The Balaban J connectivity index is 0.00000420. The van der Waals surface area contributed by atoms with Gasteiger partial charge in [-0.25, -0.2) is 0 Å². The smallest absolute Gasteiger partial charge is 0.357 e. The van der Waals surface area contributed by atoms with E-state index in [9.17, 15) is 13.2 Å². The third kappa shape index (κ3) is 11.0. The number of pyridine rings is 1. The Morgan fingerprint density at radius 1 is 1.24 bits per heavy atom. The van der Waals surface area contributed by atoms with Crippen LogP contribution in [0.2, 0.25) is 0 Å². The monoisotopic (exact) mass is 527 g/mol. The minimum absolute atomic E-state index is 0. The van der Waals surface area contributed by atoms with Crippen molar-refractivity contribution in [1.82, 2.24) is 20.5 Å². The molecule has 0 unspecified atom stereocenters. The lowest BCUT2D eigenvalue weighted by Crippen LogP contribution is -2.40. The fraction of sp³-hybridized carbons (Fsp3) is 0.700. The molecule has 166 valence electrons. The predicted octanol–water partition coefficient (Wildman–Crippen LogP) is 3.77. The number of hydrogen-bond acceptors (Lipinski definition) is 3. The van der Waals surface area contributed by atoms with Crippen molar-refractivity contribution in [2.45, 2.75) is 45.7 Å². The summed E-state index contributed by atoms with van der Waals surface area (Å²) in [6.45, 7) is 6.50. The molecule has 0 bridgehead atoms. The SMILES string of the molecule is CCNC(=NCCC1CCN(CC(F)(F)F)CC1)NCCc1ccc(C)nc1.I. The highest BCUT2D eigenvalue weighted by Crippen LogP contribution is 2.24. The summed E-state index contributed by atoms with van der Waals surface area (Å²) in [4.78, 5) is 10.4. The Morgan fingerprint density at radius 3 is 2.55 bits per heavy atom. The molecule has 0 atom stereocenters. The van der Waals surface area contributed by atoms with Crippen LogP contribution in [0, 0.1) is 12.8 Å². The maximum Gasteiger partial charge on any atom is 0.401 e. The van der Waals surface area contributed by atoms with E-state index >= 15 is 0 Å².